The van der Waals surface area contributed by atoms with Gasteiger partial charge in [0.15, 0.2) is 12.4 Å². The van der Waals surface area contributed by atoms with E-state index in [-0.39, 0.29) is 0 Å². The van der Waals surface area contributed by atoms with E-state index in [0.717, 1.165) is 18.5 Å². The average Bonchev–Trinajstić information content (AvgIpc) is 3.13. The van der Waals surface area contributed by atoms with Gasteiger partial charge in [0.25, 0.3) is 0 Å². The normalized spacial score (nSPS) is 14.6. The zero-order valence-corrected chi connectivity index (χ0v) is 17.1. The van der Waals surface area contributed by atoms with Crippen molar-refractivity contribution in [1.29, 1.82) is 0 Å². The van der Waals surface area contributed by atoms with Crippen molar-refractivity contribution in [2.75, 3.05) is 0 Å². The summed E-state index contributed by atoms with van der Waals surface area (Å²) in [4.78, 5) is 8.62. The number of nitrogens with zero attached hydrogens (tertiary/aromatic N) is 2. The van der Waals surface area contributed by atoms with Crippen LogP contribution in [0.1, 0.15) is 123 Å². The fourth-order valence-electron chi connectivity index (χ4n) is 3.81. The summed E-state index contributed by atoms with van der Waals surface area (Å²) in [5.41, 5.74) is 0. The lowest BCUT2D eigenvalue weighted by molar-refractivity contribution is 0.369. The maximum atomic E-state index is 4.31. The van der Waals surface area contributed by atoms with Gasteiger partial charge in [0, 0.05) is 0 Å². The van der Waals surface area contributed by atoms with Gasteiger partial charge < -0.3 is 0 Å². The number of hydrogen-bond donors (Lipinski definition) is 0. The minimum Gasteiger partial charge on any atom is -0.0968 e. The third-order valence-corrected chi connectivity index (χ3v) is 5.46. The first kappa shape index (κ1) is 22.3. The molecule has 25 heavy (non-hydrogen) atoms. The molecule has 1 rings (SSSR count). The molecule has 0 aromatic heterocycles. The van der Waals surface area contributed by atoms with Gasteiger partial charge in [0.05, 0.1) is 6.42 Å². The van der Waals surface area contributed by atoms with Gasteiger partial charge in [0.2, 0.25) is 6.17 Å². The summed E-state index contributed by atoms with van der Waals surface area (Å²) in [5.74, 6) is 0.937. The van der Waals surface area contributed by atoms with Gasteiger partial charge in [-0.3, -0.25) is 0 Å². The molecule has 0 spiro atoms. The van der Waals surface area contributed by atoms with Crippen LogP contribution in [-0.4, -0.2) is 12.4 Å². The summed E-state index contributed by atoms with van der Waals surface area (Å²) in [6.45, 7) is 4.60. The van der Waals surface area contributed by atoms with E-state index in [1.807, 2.05) is 12.4 Å². The molecule has 0 aliphatic carbocycles. The van der Waals surface area contributed by atoms with Gasteiger partial charge in [-0.25, -0.2) is 0 Å². The van der Waals surface area contributed by atoms with Crippen molar-refractivity contribution < 1.29 is 0 Å². The van der Waals surface area contributed by atoms with Gasteiger partial charge in [-0.1, -0.05) is 114 Å². The Kier molecular flexibility index (Phi) is 14.8. The van der Waals surface area contributed by atoms with Crippen LogP contribution >= 0.6 is 0 Å². The Balaban J connectivity index is 2.12. The standard InChI is InChI=1S/C23H43N2/c1-3-5-7-9-10-12-14-17-22(16-13-11-8-6-4-2)18-15-19-23-24-20-21-25-23/h20-22H,3-19H2,1-2H3/q+1. The molecular formula is C23H43N2+. The molecule has 2 nitrogen and oxygen atoms in total. The van der Waals surface area contributed by atoms with Gasteiger partial charge in [-0.2, -0.15) is 0 Å². The predicted octanol–water partition coefficient (Wildman–Crippen LogP) is 7.92. The van der Waals surface area contributed by atoms with Crippen LogP contribution in [0.4, 0.5) is 0 Å². The van der Waals surface area contributed by atoms with Gasteiger partial charge in [-0.05, 0) is 18.8 Å². The lowest BCUT2D eigenvalue weighted by Gasteiger charge is -2.16. The minimum atomic E-state index is 0.937. The molecule has 1 aliphatic rings. The first-order chi connectivity index (χ1) is 12.4. The Morgan fingerprint density at radius 3 is 1.56 bits per heavy atom. The molecule has 0 amide bonds. The molecule has 0 saturated heterocycles. The maximum absolute atomic E-state index is 4.31. The molecule has 0 aromatic carbocycles. The highest BCUT2D eigenvalue weighted by Gasteiger charge is 2.16. The fraction of sp³-hybridized carbons (Fsp3) is 0.870. The van der Waals surface area contributed by atoms with Gasteiger partial charge >= 0.3 is 0 Å². The third-order valence-electron chi connectivity index (χ3n) is 5.46. The lowest BCUT2D eigenvalue weighted by atomic mass is 9.89. The Morgan fingerprint density at radius 2 is 1.04 bits per heavy atom. The van der Waals surface area contributed by atoms with Crippen LogP contribution in [-0.2, 0) is 0 Å². The van der Waals surface area contributed by atoms with E-state index in [1.165, 1.54) is 103 Å². The third kappa shape index (κ3) is 13.1. The predicted molar refractivity (Wildman–Crippen MR) is 114 cm³/mol. The highest BCUT2D eigenvalue weighted by atomic mass is 15.0. The van der Waals surface area contributed by atoms with Crippen LogP contribution in [0.3, 0.4) is 0 Å². The molecule has 1 unspecified atom stereocenters. The number of hydrogen-bond acceptors (Lipinski definition) is 2. The van der Waals surface area contributed by atoms with Crippen molar-refractivity contribution in [3.63, 3.8) is 0 Å². The molecule has 144 valence electrons. The van der Waals surface area contributed by atoms with E-state index in [9.17, 15) is 0 Å². The van der Waals surface area contributed by atoms with Crippen molar-refractivity contribution in [2.45, 2.75) is 123 Å². The van der Waals surface area contributed by atoms with E-state index >= 15 is 0 Å². The van der Waals surface area contributed by atoms with Crippen LogP contribution in [0.15, 0.2) is 9.98 Å². The molecule has 1 heterocycles. The summed E-state index contributed by atoms with van der Waals surface area (Å²) in [6.07, 6.45) is 28.3. The largest absolute Gasteiger partial charge is 0.240 e. The van der Waals surface area contributed by atoms with E-state index in [2.05, 4.69) is 23.8 Å². The summed E-state index contributed by atoms with van der Waals surface area (Å²) in [7, 11) is 0. The quantitative estimate of drug-likeness (QED) is 0.178. The smallest absolute Gasteiger partial charge is 0.0968 e. The highest BCUT2D eigenvalue weighted by molar-refractivity contribution is 6.18. The Bertz CT molecular complexity index is 323. The second kappa shape index (κ2) is 16.7. The van der Waals surface area contributed by atoms with Crippen LogP contribution in [0.5, 0.6) is 0 Å². The van der Waals surface area contributed by atoms with E-state index < -0.39 is 0 Å². The maximum Gasteiger partial charge on any atom is 0.240 e. The molecule has 1 atom stereocenters. The van der Waals surface area contributed by atoms with E-state index in [1.54, 1.807) is 0 Å². The first-order valence-corrected chi connectivity index (χ1v) is 11.3. The molecule has 0 saturated carbocycles. The molecule has 0 bridgehead atoms. The molecule has 0 fully saturated rings. The number of unbranched alkanes of at least 4 members (excludes halogenated alkanes) is 10. The zero-order valence-electron chi connectivity index (χ0n) is 17.1. The average molecular weight is 348 g/mol. The Morgan fingerprint density at radius 1 is 0.600 bits per heavy atom. The molecule has 0 radical (unpaired) electrons. The molecule has 0 aromatic rings. The van der Waals surface area contributed by atoms with Crippen molar-refractivity contribution in [3.8, 4) is 0 Å². The van der Waals surface area contributed by atoms with Crippen molar-refractivity contribution in [1.82, 2.24) is 0 Å². The lowest BCUT2D eigenvalue weighted by Crippen LogP contribution is -2.02. The van der Waals surface area contributed by atoms with Crippen LogP contribution < -0.4 is 0 Å². The van der Waals surface area contributed by atoms with Crippen LogP contribution in [0, 0.1) is 12.1 Å². The van der Waals surface area contributed by atoms with Gasteiger partial charge in [0.1, 0.15) is 0 Å². The molecular weight excluding hydrogens is 304 g/mol. The van der Waals surface area contributed by atoms with Crippen LogP contribution in [0.25, 0.3) is 0 Å². The monoisotopic (exact) mass is 347 g/mol. The van der Waals surface area contributed by atoms with Crippen molar-refractivity contribution in [3.05, 3.63) is 6.17 Å². The molecule has 1 aliphatic heterocycles. The SMILES string of the molecule is CCCCCCCCCC(CCCCCCC)CCC[C+]1N=CC=N1. The second-order valence-electron chi connectivity index (χ2n) is 7.84. The minimum absolute atomic E-state index is 0.937. The Hall–Kier alpha value is -0.790. The topological polar surface area (TPSA) is 24.7 Å². The summed E-state index contributed by atoms with van der Waals surface area (Å²) >= 11 is 0. The van der Waals surface area contributed by atoms with E-state index in [0.29, 0.717) is 0 Å². The van der Waals surface area contributed by atoms with Crippen molar-refractivity contribution >= 4 is 12.4 Å². The zero-order chi connectivity index (χ0) is 18.0. The Labute approximate surface area is 158 Å². The second-order valence-corrected chi connectivity index (χ2v) is 7.84. The highest BCUT2D eigenvalue weighted by Crippen LogP contribution is 2.26. The number of rotatable bonds is 18. The van der Waals surface area contributed by atoms with Crippen LogP contribution in [0.2, 0.25) is 0 Å². The molecule has 2 heteroatoms. The number of aliphatic imine (C=N–C) groups is 2. The summed E-state index contributed by atoms with van der Waals surface area (Å²) in [6, 6.07) is 0. The van der Waals surface area contributed by atoms with E-state index in [4.69, 9.17) is 0 Å². The summed E-state index contributed by atoms with van der Waals surface area (Å²) in [5, 5.41) is 0. The first-order valence-electron chi connectivity index (χ1n) is 11.3. The summed E-state index contributed by atoms with van der Waals surface area (Å²) < 4.78 is 0. The molecule has 0 N–H and O–H groups in total. The fourth-order valence-corrected chi connectivity index (χ4v) is 3.81. The van der Waals surface area contributed by atoms with Gasteiger partial charge in [-0.15, -0.1) is 0 Å². The van der Waals surface area contributed by atoms with Crippen molar-refractivity contribution in [2.24, 2.45) is 15.9 Å².